The number of benzene rings is 10. The minimum Gasteiger partial charge on any atom is -0.454 e. The molecule has 10 aromatic carbocycles. The molecule has 0 radical (unpaired) electrons. The number of para-hydroxylation sites is 4. The van der Waals surface area contributed by atoms with Crippen molar-refractivity contribution in [3.8, 4) is 55.9 Å². The smallest absolute Gasteiger partial charge is 0.160 e. The molecule has 13 rings (SSSR count). The molecule has 0 aliphatic rings. The quantitative estimate of drug-likeness (QED) is 0.164. The highest BCUT2D eigenvalue weighted by Gasteiger charge is 2.23. The van der Waals surface area contributed by atoms with Gasteiger partial charge in [-0.25, -0.2) is 0 Å². The Morgan fingerprint density at radius 2 is 0.746 bits per heavy atom. The van der Waals surface area contributed by atoms with Gasteiger partial charge < -0.3 is 13.6 Å². The molecule has 0 saturated heterocycles. The third-order valence-electron chi connectivity index (χ3n) is 13.0. The molecule has 0 aliphatic heterocycles. The molecular weight excluding hydrogens is 765 g/mol. The summed E-state index contributed by atoms with van der Waals surface area (Å²) in [5, 5.41) is 7.09. The number of hydrogen-bond acceptors (Lipinski definition) is 1. The van der Waals surface area contributed by atoms with Crippen LogP contribution < -0.4 is 0 Å². The fourth-order valence-corrected chi connectivity index (χ4v) is 10.2. The van der Waals surface area contributed by atoms with E-state index in [0.29, 0.717) is 0 Å². The van der Waals surface area contributed by atoms with Crippen LogP contribution in [0.1, 0.15) is 0 Å². The molecular formula is C60H38N2O. The van der Waals surface area contributed by atoms with Crippen molar-refractivity contribution in [2.45, 2.75) is 0 Å². The summed E-state index contributed by atoms with van der Waals surface area (Å²) in [6.45, 7) is 0. The molecule has 3 heterocycles. The van der Waals surface area contributed by atoms with Crippen molar-refractivity contribution in [3.05, 3.63) is 231 Å². The second-order valence-electron chi connectivity index (χ2n) is 16.4. The van der Waals surface area contributed by atoms with E-state index in [1.54, 1.807) is 0 Å². The van der Waals surface area contributed by atoms with Gasteiger partial charge in [0.2, 0.25) is 0 Å². The molecule has 3 heteroatoms. The summed E-state index contributed by atoms with van der Waals surface area (Å²) in [5.74, 6) is 0. The van der Waals surface area contributed by atoms with Crippen LogP contribution in [0.5, 0.6) is 0 Å². The first-order valence-corrected chi connectivity index (χ1v) is 21.6. The standard InChI is InChI=1S/C60H38N2O/c1-3-17-39(18-4-1)43-21-7-8-23-45(43)50-35-36-55(60-59(50)51-26-12-16-30-58(51)63-60)62-54-29-15-11-25-47(54)49-34-32-42(38-57(49)62)41-31-33-48-46-24-10-14-28-53(46)61(56(48)37-41)52-27-13-9-22-44(52)40-19-5-2-6-20-40/h1-38H. The average molecular weight is 803 g/mol. The van der Waals surface area contributed by atoms with Crippen molar-refractivity contribution in [1.29, 1.82) is 0 Å². The topological polar surface area (TPSA) is 23.0 Å². The summed E-state index contributed by atoms with van der Waals surface area (Å²) in [5.41, 5.74) is 17.9. The minimum absolute atomic E-state index is 0.868. The van der Waals surface area contributed by atoms with Crippen molar-refractivity contribution in [2.75, 3.05) is 0 Å². The summed E-state index contributed by atoms with van der Waals surface area (Å²) in [6.07, 6.45) is 0. The van der Waals surface area contributed by atoms with Crippen molar-refractivity contribution in [2.24, 2.45) is 0 Å². The van der Waals surface area contributed by atoms with Gasteiger partial charge in [0.05, 0.1) is 33.4 Å². The van der Waals surface area contributed by atoms with E-state index in [4.69, 9.17) is 4.42 Å². The highest BCUT2D eigenvalue weighted by molar-refractivity contribution is 6.18. The lowest BCUT2D eigenvalue weighted by molar-refractivity contribution is 0.666. The van der Waals surface area contributed by atoms with Gasteiger partial charge >= 0.3 is 0 Å². The van der Waals surface area contributed by atoms with Gasteiger partial charge in [-0.3, -0.25) is 0 Å². The monoisotopic (exact) mass is 802 g/mol. The number of fused-ring (bicyclic) bond motifs is 9. The normalized spacial score (nSPS) is 11.8. The number of furan rings is 1. The Kier molecular flexibility index (Phi) is 7.91. The van der Waals surface area contributed by atoms with Crippen LogP contribution in [-0.2, 0) is 0 Å². The Hall–Kier alpha value is -8.40. The first-order valence-electron chi connectivity index (χ1n) is 21.6. The zero-order chi connectivity index (χ0) is 41.4. The zero-order valence-corrected chi connectivity index (χ0v) is 34.2. The highest BCUT2D eigenvalue weighted by atomic mass is 16.3. The molecule has 0 aliphatic carbocycles. The second-order valence-corrected chi connectivity index (χ2v) is 16.4. The van der Waals surface area contributed by atoms with Crippen LogP contribution in [0.4, 0.5) is 0 Å². The van der Waals surface area contributed by atoms with Gasteiger partial charge in [0.15, 0.2) is 5.58 Å². The Balaban J connectivity index is 1.04. The maximum absolute atomic E-state index is 6.98. The second kappa shape index (κ2) is 14.1. The van der Waals surface area contributed by atoms with Crippen LogP contribution in [0.3, 0.4) is 0 Å². The molecule has 0 bridgehead atoms. The predicted octanol–water partition coefficient (Wildman–Crippen LogP) is 16.4. The van der Waals surface area contributed by atoms with E-state index < -0.39 is 0 Å². The van der Waals surface area contributed by atoms with E-state index in [9.17, 15) is 0 Å². The molecule has 63 heavy (non-hydrogen) atoms. The minimum atomic E-state index is 0.868. The van der Waals surface area contributed by atoms with Crippen LogP contribution in [0.25, 0.3) is 121 Å². The van der Waals surface area contributed by atoms with E-state index in [-0.39, 0.29) is 0 Å². The van der Waals surface area contributed by atoms with Crippen molar-refractivity contribution < 1.29 is 4.42 Å². The van der Waals surface area contributed by atoms with E-state index in [1.165, 1.54) is 60.4 Å². The van der Waals surface area contributed by atoms with Crippen LogP contribution in [0.15, 0.2) is 235 Å². The first-order chi connectivity index (χ1) is 31.3. The van der Waals surface area contributed by atoms with Gasteiger partial charge in [-0.05, 0) is 81.4 Å². The van der Waals surface area contributed by atoms with Gasteiger partial charge in [0.25, 0.3) is 0 Å². The third kappa shape index (κ3) is 5.46. The molecule has 0 amide bonds. The van der Waals surface area contributed by atoms with E-state index in [0.717, 1.165) is 61.0 Å². The summed E-state index contributed by atoms with van der Waals surface area (Å²) < 4.78 is 11.8. The van der Waals surface area contributed by atoms with E-state index >= 15 is 0 Å². The van der Waals surface area contributed by atoms with Crippen molar-refractivity contribution in [3.63, 3.8) is 0 Å². The van der Waals surface area contributed by atoms with Gasteiger partial charge in [-0.15, -0.1) is 0 Å². The lowest BCUT2D eigenvalue weighted by Crippen LogP contribution is -1.97. The molecule has 0 fully saturated rings. The Morgan fingerprint density at radius 3 is 1.40 bits per heavy atom. The largest absolute Gasteiger partial charge is 0.454 e. The molecule has 0 unspecified atom stereocenters. The van der Waals surface area contributed by atoms with Gasteiger partial charge in [-0.1, -0.05) is 188 Å². The first kappa shape index (κ1) is 35.4. The third-order valence-corrected chi connectivity index (χ3v) is 13.0. The number of nitrogens with zero attached hydrogens (tertiary/aromatic N) is 2. The molecule has 294 valence electrons. The van der Waals surface area contributed by atoms with Crippen LogP contribution in [-0.4, -0.2) is 9.13 Å². The van der Waals surface area contributed by atoms with Gasteiger partial charge in [-0.2, -0.15) is 0 Å². The zero-order valence-electron chi connectivity index (χ0n) is 34.2. The molecule has 13 aromatic rings. The lowest BCUT2D eigenvalue weighted by Gasteiger charge is -2.15. The Bertz CT molecular complexity index is 3900. The van der Waals surface area contributed by atoms with Crippen LogP contribution in [0.2, 0.25) is 0 Å². The molecule has 0 saturated carbocycles. The Labute approximate surface area is 363 Å². The summed E-state index contributed by atoms with van der Waals surface area (Å²) in [7, 11) is 0. The summed E-state index contributed by atoms with van der Waals surface area (Å²) >= 11 is 0. The van der Waals surface area contributed by atoms with Gasteiger partial charge in [0, 0.05) is 37.9 Å². The highest BCUT2D eigenvalue weighted by Crippen LogP contribution is 2.45. The summed E-state index contributed by atoms with van der Waals surface area (Å²) in [6, 6.07) is 83.3. The van der Waals surface area contributed by atoms with Crippen LogP contribution in [0, 0.1) is 0 Å². The SMILES string of the molecule is c1ccc(-c2ccccc2-c2ccc(-n3c4ccccc4c4ccc(-c5ccc6c7ccccc7n(-c7ccccc7-c7ccccc7)c6c5)cc43)c3oc4ccccc4c23)cc1. The number of rotatable bonds is 6. The predicted molar refractivity (Wildman–Crippen MR) is 264 cm³/mol. The van der Waals surface area contributed by atoms with Gasteiger partial charge in [0.1, 0.15) is 5.58 Å². The van der Waals surface area contributed by atoms with E-state index in [1.807, 2.05) is 0 Å². The van der Waals surface area contributed by atoms with Crippen molar-refractivity contribution >= 4 is 65.6 Å². The molecule has 0 N–H and O–H groups in total. The molecule has 0 atom stereocenters. The number of aromatic nitrogens is 2. The maximum Gasteiger partial charge on any atom is 0.160 e. The maximum atomic E-state index is 6.98. The Morgan fingerprint density at radius 1 is 0.270 bits per heavy atom. The summed E-state index contributed by atoms with van der Waals surface area (Å²) in [4.78, 5) is 0. The van der Waals surface area contributed by atoms with E-state index in [2.05, 4.69) is 240 Å². The van der Waals surface area contributed by atoms with Crippen molar-refractivity contribution in [1.82, 2.24) is 9.13 Å². The molecule has 0 spiro atoms. The lowest BCUT2D eigenvalue weighted by atomic mass is 9.91. The van der Waals surface area contributed by atoms with Crippen LogP contribution >= 0.6 is 0 Å². The molecule has 3 nitrogen and oxygen atoms in total. The molecule has 3 aromatic heterocycles. The fraction of sp³-hybridized carbons (Fsp3) is 0. The average Bonchev–Trinajstić information content (AvgIpc) is 4.02. The number of hydrogen-bond donors (Lipinski definition) is 0. The fourth-order valence-electron chi connectivity index (χ4n) is 10.2.